The van der Waals surface area contributed by atoms with Crippen LogP contribution in [0.3, 0.4) is 0 Å². The lowest BCUT2D eigenvalue weighted by molar-refractivity contribution is 0.0687. The smallest absolute Gasteiger partial charge is 0.270 e. The van der Waals surface area contributed by atoms with Gasteiger partial charge in [0, 0.05) is 31.8 Å². The van der Waals surface area contributed by atoms with Gasteiger partial charge in [-0.25, -0.2) is 0 Å². The van der Waals surface area contributed by atoms with Gasteiger partial charge in [-0.3, -0.25) is 4.79 Å². The van der Waals surface area contributed by atoms with E-state index in [0.29, 0.717) is 18.2 Å². The van der Waals surface area contributed by atoms with Gasteiger partial charge in [0.15, 0.2) is 5.58 Å². The number of hydrogen-bond acceptors (Lipinski definition) is 2. The Balaban J connectivity index is 1.96. The van der Waals surface area contributed by atoms with Crippen LogP contribution in [0, 0.1) is 12.8 Å². The molecule has 1 aliphatic heterocycles. The van der Waals surface area contributed by atoms with Gasteiger partial charge in [-0.15, -0.1) is 0 Å². The Morgan fingerprint density at radius 2 is 2.05 bits per heavy atom. The summed E-state index contributed by atoms with van der Waals surface area (Å²) in [7, 11) is 0. The second kappa shape index (κ2) is 5.67. The number of amides is 1. The van der Waals surface area contributed by atoms with Crippen molar-refractivity contribution in [2.75, 3.05) is 13.1 Å². The van der Waals surface area contributed by atoms with E-state index in [-0.39, 0.29) is 5.91 Å². The Morgan fingerprint density at radius 3 is 2.68 bits per heavy atom. The summed E-state index contributed by atoms with van der Waals surface area (Å²) in [6.45, 7) is 12.5. The van der Waals surface area contributed by atoms with Crippen molar-refractivity contribution in [1.82, 2.24) is 9.47 Å². The van der Waals surface area contributed by atoms with E-state index in [2.05, 4.69) is 13.5 Å². The zero-order valence-electron chi connectivity index (χ0n) is 13.7. The summed E-state index contributed by atoms with van der Waals surface area (Å²) < 4.78 is 7.74. The summed E-state index contributed by atoms with van der Waals surface area (Å²) >= 11 is 0. The number of carbonyl (C=O) groups excluding carboxylic acids is 1. The van der Waals surface area contributed by atoms with Crippen LogP contribution in [0.4, 0.5) is 0 Å². The molecule has 0 spiro atoms. The first-order valence-corrected chi connectivity index (χ1v) is 7.99. The number of allylic oxidation sites excluding steroid dienone is 1. The molecule has 1 amide bonds. The number of carbonyl (C=O) groups is 1. The number of hydrogen-bond donors (Lipinski definition) is 0. The number of furan rings is 1. The fourth-order valence-electron chi connectivity index (χ4n) is 3.16. The average Bonchev–Trinajstić information content (AvgIpc) is 2.96. The molecular weight excluding hydrogens is 276 g/mol. The van der Waals surface area contributed by atoms with Crippen LogP contribution >= 0.6 is 0 Å². The Kier molecular flexibility index (Phi) is 3.85. The molecule has 0 atom stereocenters. The molecule has 0 saturated carbocycles. The van der Waals surface area contributed by atoms with Crippen LogP contribution in [0.2, 0.25) is 0 Å². The maximum Gasteiger partial charge on any atom is 0.270 e. The van der Waals surface area contributed by atoms with E-state index in [9.17, 15) is 4.79 Å². The second-order valence-corrected chi connectivity index (χ2v) is 6.65. The van der Waals surface area contributed by atoms with Gasteiger partial charge >= 0.3 is 0 Å². The van der Waals surface area contributed by atoms with Gasteiger partial charge in [0.25, 0.3) is 5.91 Å². The first kappa shape index (κ1) is 14.9. The summed E-state index contributed by atoms with van der Waals surface area (Å²) in [4.78, 5) is 14.9. The normalized spacial score (nSPS) is 16.4. The lowest BCUT2D eigenvalue weighted by Crippen LogP contribution is -2.38. The maximum absolute atomic E-state index is 12.9. The third kappa shape index (κ3) is 2.70. The molecule has 2 aromatic heterocycles. The number of fused-ring (bicyclic) bond motifs is 1. The Bertz CT molecular complexity index is 715. The SMILES string of the molecule is C=C(C)Cn1c(C(=O)N2CCC(C)CC2)cc2oc(C)cc21. The van der Waals surface area contributed by atoms with Gasteiger partial charge in [-0.2, -0.15) is 0 Å². The molecule has 0 unspecified atom stereocenters. The van der Waals surface area contributed by atoms with Crippen LogP contribution in [0.25, 0.3) is 11.1 Å². The summed E-state index contributed by atoms with van der Waals surface area (Å²) in [6, 6.07) is 3.87. The number of likely N-dealkylation sites (tertiary alicyclic amines) is 1. The molecule has 118 valence electrons. The summed E-state index contributed by atoms with van der Waals surface area (Å²) in [5.41, 5.74) is 3.51. The fraction of sp³-hybridized carbons (Fsp3) is 0.500. The van der Waals surface area contributed by atoms with Crippen LogP contribution < -0.4 is 0 Å². The van der Waals surface area contributed by atoms with E-state index >= 15 is 0 Å². The zero-order chi connectivity index (χ0) is 15.9. The molecule has 0 aliphatic carbocycles. The number of aryl methyl sites for hydroxylation is 1. The fourth-order valence-corrected chi connectivity index (χ4v) is 3.16. The van der Waals surface area contributed by atoms with Crippen molar-refractivity contribution in [2.24, 2.45) is 5.92 Å². The van der Waals surface area contributed by atoms with E-state index in [1.807, 2.05) is 35.4 Å². The standard InChI is InChI=1S/C18H24N2O2/c1-12(2)11-20-15-9-14(4)22-17(15)10-16(20)18(21)19-7-5-13(3)6-8-19/h9-10,13H,1,5-8,11H2,2-4H3. The van der Waals surface area contributed by atoms with Gasteiger partial charge in [-0.1, -0.05) is 19.1 Å². The van der Waals surface area contributed by atoms with Crippen molar-refractivity contribution in [3.8, 4) is 0 Å². The molecule has 4 heteroatoms. The van der Waals surface area contributed by atoms with Crippen LogP contribution in [0.5, 0.6) is 0 Å². The molecule has 0 N–H and O–H groups in total. The van der Waals surface area contributed by atoms with Gasteiger partial charge in [0.05, 0.1) is 5.52 Å². The molecule has 0 aromatic carbocycles. The quantitative estimate of drug-likeness (QED) is 0.804. The van der Waals surface area contributed by atoms with E-state index in [1.54, 1.807) is 0 Å². The van der Waals surface area contributed by atoms with E-state index in [0.717, 1.165) is 48.4 Å². The van der Waals surface area contributed by atoms with E-state index in [1.165, 1.54) is 0 Å². The largest absolute Gasteiger partial charge is 0.460 e. The van der Waals surface area contributed by atoms with Crippen molar-refractivity contribution >= 4 is 17.0 Å². The highest BCUT2D eigenvalue weighted by Crippen LogP contribution is 2.26. The molecule has 4 nitrogen and oxygen atoms in total. The van der Waals surface area contributed by atoms with Crippen LogP contribution in [0.1, 0.15) is 42.9 Å². The minimum Gasteiger partial charge on any atom is -0.460 e. The van der Waals surface area contributed by atoms with Crippen LogP contribution in [0.15, 0.2) is 28.7 Å². The highest BCUT2D eigenvalue weighted by atomic mass is 16.3. The first-order valence-electron chi connectivity index (χ1n) is 7.99. The van der Waals surface area contributed by atoms with Crippen LogP contribution in [-0.4, -0.2) is 28.5 Å². The average molecular weight is 300 g/mol. The topological polar surface area (TPSA) is 38.4 Å². The summed E-state index contributed by atoms with van der Waals surface area (Å²) in [6.07, 6.45) is 2.17. The van der Waals surface area contributed by atoms with Gasteiger partial charge in [0.1, 0.15) is 11.5 Å². The number of piperidine rings is 1. The molecule has 1 saturated heterocycles. The molecule has 3 heterocycles. The van der Waals surface area contributed by atoms with Gasteiger partial charge < -0.3 is 13.9 Å². The number of aromatic nitrogens is 1. The second-order valence-electron chi connectivity index (χ2n) is 6.65. The molecule has 0 radical (unpaired) electrons. The third-order valence-corrected chi connectivity index (χ3v) is 4.43. The van der Waals surface area contributed by atoms with Crippen molar-refractivity contribution in [3.05, 3.63) is 35.7 Å². The minimum absolute atomic E-state index is 0.109. The number of rotatable bonds is 3. The summed E-state index contributed by atoms with van der Waals surface area (Å²) in [5, 5.41) is 0. The molecule has 0 bridgehead atoms. The number of nitrogens with zero attached hydrogens (tertiary/aromatic N) is 2. The van der Waals surface area contributed by atoms with Gasteiger partial charge in [0.2, 0.25) is 0 Å². The molecular formula is C18H24N2O2. The highest BCUT2D eigenvalue weighted by molar-refractivity contribution is 5.97. The van der Waals surface area contributed by atoms with Crippen molar-refractivity contribution in [3.63, 3.8) is 0 Å². The Morgan fingerprint density at radius 1 is 1.36 bits per heavy atom. The molecule has 1 fully saturated rings. The monoisotopic (exact) mass is 300 g/mol. The molecule has 1 aliphatic rings. The highest BCUT2D eigenvalue weighted by Gasteiger charge is 2.25. The van der Waals surface area contributed by atoms with Crippen LogP contribution in [-0.2, 0) is 6.54 Å². The molecule has 3 rings (SSSR count). The van der Waals surface area contributed by atoms with E-state index in [4.69, 9.17) is 4.42 Å². The minimum atomic E-state index is 0.109. The predicted molar refractivity (Wildman–Crippen MR) is 88.1 cm³/mol. The van der Waals surface area contributed by atoms with Crippen molar-refractivity contribution < 1.29 is 9.21 Å². The van der Waals surface area contributed by atoms with Crippen molar-refractivity contribution in [2.45, 2.75) is 40.2 Å². The Labute approximate surface area is 131 Å². The van der Waals surface area contributed by atoms with Gasteiger partial charge in [-0.05, 0) is 32.6 Å². The van der Waals surface area contributed by atoms with E-state index < -0.39 is 0 Å². The van der Waals surface area contributed by atoms with Crippen molar-refractivity contribution in [1.29, 1.82) is 0 Å². The lowest BCUT2D eigenvalue weighted by atomic mass is 9.99. The maximum atomic E-state index is 12.9. The third-order valence-electron chi connectivity index (χ3n) is 4.43. The predicted octanol–water partition coefficient (Wildman–Crippen LogP) is 3.99. The Hall–Kier alpha value is -1.97. The summed E-state index contributed by atoms with van der Waals surface area (Å²) in [5.74, 6) is 1.69. The molecule has 22 heavy (non-hydrogen) atoms. The zero-order valence-corrected chi connectivity index (χ0v) is 13.7. The first-order chi connectivity index (χ1) is 10.5. The lowest BCUT2D eigenvalue weighted by Gasteiger charge is -2.30. The molecule has 2 aromatic rings.